The molecule has 1 heterocycles. The molecule has 1 aromatic heterocycles. The Bertz CT molecular complexity index is 754. The molecule has 5 heteroatoms. The van der Waals surface area contributed by atoms with Crippen molar-refractivity contribution in [2.24, 2.45) is 0 Å². The van der Waals surface area contributed by atoms with Gasteiger partial charge in [-0.3, -0.25) is 0 Å². The molecular weight excluding hydrogens is 295 g/mol. The van der Waals surface area contributed by atoms with E-state index in [1.54, 1.807) is 24.5 Å². The van der Waals surface area contributed by atoms with Gasteiger partial charge < -0.3 is 9.67 Å². The first-order valence-corrected chi connectivity index (χ1v) is 6.93. The van der Waals surface area contributed by atoms with E-state index in [0.717, 1.165) is 11.0 Å². The summed E-state index contributed by atoms with van der Waals surface area (Å²) in [6, 6.07) is 12.9. The zero-order chi connectivity index (χ0) is 14.1. The largest absolute Gasteiger partial charge is 0.386 e. The highest BCUT2D eigenvalue weighted by Gasteiger charge is 2.14. The molecule has 0 radical (unpaired) electrons. The van der Waals surface area contributed by atoms with Crippen LogP contribution in [0.5, 0.6) is 0 Å². The Balaban J connectivity index is 1.90. The van der Waals surface area contributed by atoms with E-state index in [1.807, 2.05) is 28.8 Å². The van der Waals surface area contributed by atoms with E-state index in [-0.39, 0.29) is 0 Å². The average Bonchev–Trinajstić information content (AvgIpc) is 2.82. The van der Waals surface area contributed by atoms with Gasteiger partial charge in [0.15, 0.2) is 0 Å². The second-order valence-corrected chi connectivity index (χ2v) is 5.41. The molecule has 3 nitrogen and oxygen atoms in total. The summed E-state index contributed by atoms with van der Waals surface area (Å²) in [6.07, 6.45) is 1.01. The highest BCUT2D eigenvalue weighted by Crippen LogP contribution is 2.28. The number of hydrogen-bond acceptors (Lipinski definition) is 2. The molecular formula is C15H12Cl2N2O. The zero-order valence-electron chi connectivity index (χ0n) is 10.5. The second-order valence-electron chi connectivity index (χ2n) is 4.57. The third-order valence-electron chi connectivity index (χ3n) is 3.22. The molecule has 0 bridgehead atoms. The number of benzene rings is 2. The van der Waals surface area contributed by atoms with Crippen molar-refractivity contribution in [3.63, 3.8) is 0 Å². The molecule has 20 heavy (non-hydrogen) atoms. The van der Waals surface area contributed by atoms with Gasteiger partial charge in [-0.05, 0) is 24.3 Å². The Morgan fingerprint density at radius 2 is 1.95 bits per heavy atom. The smallest absolute Gasteiger partial charge is 0.0983 e. The van der Waals surface area contributed by atoms with Crippen molar-refractivity contribution in [1.29, 1.82) is 0 Å². The van der Waals surface area contributed by atoms with E-state index in [9.17, 15) is 5.11 Å². The summed E-state index contributed by atoms with van der Waals surface area (Å²) in [5.74, 6) is 0. The number of hydrogen-bond donors (Lipinski definition) is 1. The minimum absolute atomic E-state index is 0.391. The molecule has 0 aliphatic heterocycles. The van der Waals surface area contributed by atoms with Gasteiger partial charge in [0.25, 0.3) is 0 Å². The fourth-order valence-corrected chi connectivity index (χ4v) is 2.75. The summed E-state index contributed by atoms with van der Waals surface area (Å²) in [6.45, 7) is 0.391. The van der Waals surface area contributed by atoms with Gasteiger partial charge in [-0.25, -0.2) is 4.98 Å². The number of para-hydroxylation sites is 2. The van der Waals surface area contributed by atoms with Gasteiger partial charge in [-0.1, -0.05) is 41.4 Å². The molecule has 3 aromatic rings. The monoisotopic (exact) mass is 306 g/mol. The van der Waals surface area contributed by atoms with Crippen molar-refractivity contribution >= 4 is 34.2 Å². The maximum Gasteiger partial charge on any atom is 0.0983 e. The maximum absolute atomic E-state index is 10.3. The standard InChI is InChI=1S/C15H12Cl2N2O/c16-10-5-6-11(12(17)7-10)15(20)8-19-9-18-13-3-1-2-4-14(13)19/h1-7,9,15,20H,8H2. The predicted molar refractivity (Wildman–Crippen MR) is 81.2 cm³/mol. The lowest BCUT2D eigenvalue weighted by Crippen LogP contribution is -2.08. The topological polar surface area (TPSA) is 38.0 Å². The predicted octanol–water partition coefficient (Wildman–Crippen LogP) is 4.08. The Labute approximate surface area is 126 Å². The molecule has 3 rings (SSSR count). The summed E-state index contributed by atoms with van der Waals surface area (Å²) >= 11 is 12.0. The second kappa shape index (κ2) is 5.44. The van der Waals surface area contributed by atoms with Crippen molar-refractivity contribution in [1.82, 2.24) is 9.55 Å². The Kier molecular flexibility index (Phi) is 3.66. The first-order chi connectivity index (χ1) is 9.65. The van der Waals surface area contributed by atoms with Crippen LogP contribution in [0.25, 0.3) is 11.0 Å². The molecule has 1 atom stereocenters. The van der Waals surface area contributed by atoms with E-state index in [4.69, 9.17) is 23.2 Å². The lowest BCUT2D eigenvalue weighted by molar-refractivity contribution is 0.158. The lowest BCUT2D eigenvalue weighted by Gasteiger charge is -2.14. The van der Waals surface area contributed by atoms with Crippen LogP contribution in [0.4, 0.5) is 0 Å². The first kappa shape index (κ1) is 13.4. The van der Waals surface area contributed by atoms with E-state index >= 15 is 0 Å². The summed E-state index contributed by atoms with van der Waals surface area (Å²) < 4.78 is 1.91. The van der Waals surface area contributed by atoms with Crippen LogP contribution in [0.1, 0.15) is 11.7 Å². The third kappa shape index (κ3) is 2.52. The van der Waals surface area contributed by atoms with Gasteiger partial charge in [0, 0.05) is 15.6 Å². The lowest BCUT2D eigenvalue weighted by atomic mass is 10.1. The summed E-state index contributed by atoms with van der Waals surface area (Å²) in [7, 11) is 0. The number of fused-ring (bicyclic) bond motifs is 1. The number of aromatic nitrogens is 2. The van der Waals surface area contributed by atoms with E-state index in [2.05, 4.69) is 4.98 Å². The SMILES string of the molecule is OC(Cn1cnc2ccccc21)c1ccc(Cl)cc1Cl. The number of halogens is 2. The van der Waals surface area contributed by atoms with E-state index in [1.165, 1.54) is 0 Å². The van der Waals surface area contributed by atoms with Crippen molar-refractivity contribution < 1.29 is 5.11 Å². The van der Waals surface area contributed by atoms with Gasteiger partial charge in [-0.2, -0.15) is 0 Å². The fraction of sp³-hybridized carbons (Fsp3) is 0.133. The van der Waals surface area contributed by atoms with Crippen molar-refractivity contribution in [3.8, 4) is 0 Å². The molecule has 102 valence electrons. The van der Waals surface area contributed by atoms with Crippen LogP contribution in [-0.2, 0) is 6.54 Å². The normalized spacial score (nSPS) is 12.8. The molecule has 0 aliphatic carbocycles. The number of aliphatic hydroxyl groups excluding tert-OH is 1. The van der Waals surface area contributed by atoms with Gasteiger partial charge in [0.05, 0.1) is 30.0 Å². The summed E-state index contributed by atoms with van der Waals surface area (Å²) in [4.78, 5) is 4.30. The number of nitrogens with zero attached hydrogens (tertiary/aromatic N) is 2. The van der Waals surface area contributed by atoms with Crippen molar-refractivity contribution in [3.05, 3.63) is 64.4 Å². The quantitative estimate of drug-likeness (QED) is 0.792. The Morgan fingerprint density at radius 3 is 2.75 bits per heavy atom. The number of aliphatic hydroxyl groups is 1. The molecule has 0 aliphatic rings. The van der Waals surface area contributed by atoms with Gasteiger partial charge in [0.1, 0.15) is 0 Å². The number of rotatable bonds is 3. The molecule has 0 saturated carbocycles. The molecule has 0 amide bonds. The van der Waals surface area contributed by atoms with Crippen molar-refractivity contribution in [2.75, 3.05) is 0 Å². The molecule has 2 aromatic carbocycles. The van der Waals surface area contributed by atoms with Crippen LogP contribution in [-0.4, -0.2) is 14.7 Å². The summed E-state index contributed by atoms with van der Waals surface area (Å²) in [5.41, 5.74) is 2.55. The highest BCUT2D eigenvalue weighted by molar-refractivity contribution is 6.35. The molecule has 0 saturated heterocycles. The van der Waals surface area contributed by atoms with Crippen LogP contribution in [0.3, 0.4) is 0 Å². The minimum atomic E-state index is -0.711. The number of imidazole rings is 1. The fourth-order valence-electron chi connectivity index (χ4n) is 2.21. The summed E-state index contributed by atoms with van der Waals surface area (Å²) in [5, 5.41) is 11.4. The van der Waals surface area contributed by atoms with Crippen LogP contribution in [0, 0.1) is 0 Å². The van der Waals surface area contributed by atoms with Crippen LogP contribution in [0.2, 0.25) is 10.0 Å². The Morgan fingerprint density at radius 1 is 1.15 bits per heavy atom. The van der Waals surface area contributed by atoms with Gasteiger partial charge in [-0.15, -0.1) is 0 Å². The first-order valence-electron chi connectivity index (χ1n) is 6.18. The van der Waals surface area contributed by atoms with Crippen molar-refractivity contribution in [2.45, 2.75) is 12.6 Å². The van der Waals surface area contributed by atoms with Crippen LogP contribution < -0.4 is 0 Å². The van der Waals surface area contributed by atoms with E-state index in [0.29, 0.717) is 22.2 Å². The Hall–Kier alpha value is -1.55. The van der Waals surface area contributed by atoms with E-state index < -0.39 is 6.10 Å². The van der Waals surface area contributed by atoms with Gasteiger partial charge >= 0.3 is 0 Å². The maximum atomic E-state index is 10.3. The third-order valence-corrected chi connectivity index (χ3v) is 3.78. The molecule has 0 fully saturated rings. The highest BCUT2D eigenvalue weighted by atomic mass is 35.5. The van der Waals surface area contributed by atoms with Crippen LogP contribution in [0.15, 0.2) is 48.8 Å². The molecule has 1 N–H and O–H groups in total. The molecule has 1 unspecified atom stereocenters. The van der Waals surface area contributed by atoms with Gasteiger partial charge in [0.2, 0.25) is 0 Å². The minimum Gasteiger partial charge on any atom is -0.386 e. The molecule has 0 spiro atoms. The van der Waals surface area contributed by atoms with Crippen LogP contribution >= 0.6 is 23.2 Å². The zero-order valence-corrected chi connectivity index (χ0v) is 12.0. The average molecular weight is 307 g/mol.